The molecule has 0 bridgehead atoms. The molecule has 0 radical (unpaired) electrons. The summed E-state index contributed by atoms with van der Waals surface area (Å²) in [5.41, 5.74) is 8.33. The average Bonchev–Trinajstić information content (AvgIpc) is 2.79. The Morgan fingerprint density at radius 1 is 1.03 bits per heavy atom. The summed E-state index contributed by atoms with van der Waals surface area (Å²) in [5.74, 6) is -2.45. The van der Waals surface area contributed by atoms with Crippen LogP contribution in [0.2, 0.25) is 0 Å². The summed E-state index contributed by atoms with van der Waals surface area (Å²) < 4.78 is 51.6. The molecule has 0 saturated carbocycles. The minimum absolute atomic E-state index is 0. The summed E-state index contributed by atoms with van der Waals surface area (Å²) in [6.45, 7) is 3.96. The smallest absolute Gasteiger partial charge is 0.240 e. The number of nitrogens with zero attached hydrogens (tertiary/aromatic N) is 1. The minimum atomic E-state index is -3.49. The van der Waals surface area contributed by atoms with Crippen molar-refractivity contribution < 1.29 is 27.1 Å². The van der Waals surface area contributed by atoms with Crippen molar-refractivity contribution in [2.75, 3.05) is 18.1 Å². The predicted molar refractivity (Wildman–Crippen MR) is 153 cm³/mol. The Morgan fingerprint density at radius 3 is 2.21 bits per heavy atom. The number of nitrogens with two attached hydrogens (primary N) is 1. The largest absolute Gasteiger partial charge is 0.391 e. The molecule has 2 aromatic rings. The van der Waals surface area contributed by atoms with Gasteiger partial charge in [-0.1, -0.05) is 44.5 Å². The fourth-order valence-corrected chi connectivity index (χ4v) is 5.45. The van der Waals surface area contributed by atoms with E-state index in [-0.39, 0.29) is 62.6 Å². The number of aliphatic hydroxyl groups excluding tert-OH is 1. The van der Waals surface area contributed by atoms with Gasteiger partial charge >= 0.3 is 0 Å². The van der Waals surface area contributed by atoms with Crippen LogP contribution in [0, 0.1) is 11.6 Å². The van der Waals surface area contributed by atoms with Crippen molar-refractivity contribution >= 4 is 40.6 Å². The van der Waals surface area contributed by atoms with E-state index in [9.17, 15) is 27.1 Å². The molecule has 0 aliphatic carbocycles. The van der Waals surface area contributed by atoms with Crippen molar-refractivity contribution in [3.05, 3.63) is 70.8 Å². The number of rotatable bonds is 14. The first-order valence-electron chi connectivity index (χ1n) is 12.0. The number of hydrogen-bond donors (Lipinski definition) is 3. The lowest BCUT2D eigenvalue weighted by atomic mass is 10.0. The number of halogens is 4. The van der Waals surface area contributed by atoms with Crippen LogP contribution in [0.25, 0.3) is 0 Å². The lowest BCUT2D eigenvalue weighted by molar-refractivity contribution is -0.134. The Balaban J connectivity index is 0. The lowest BCUT2D eigenvalue weighted by Gasteiger charge is -2.28. The second-order valence-corrected chi connectivity index (χ2v) is 11.2. The van der Waals surface area contributed by atoms with Gasteiger partial charge in [-0.05, 0) is 54.5 Å². The SMILES string of the molecule is CCCCS(=O)(=O)C[C@@H](N)C(=O)N(Cc1cccc(CC)c1)C[C@@H](O)CCc1cc(F)cc(F)c1.Cl.Cl.N. The lowest BCUT2D eigenvalue weighted by Crippen LogP contribution is -2.49. The molecule has 2 aromatic carbocycles. The van der Waals surface area contributed by atoms with Gasteiger partial charge in [0.25, 0.3) is 0 Å². The molecule has 12 heteroatoms. The van der Waals surface area contributed by atoms with E-state index in [4.69, 9.17) is 5.73 Å². The summed E-state index contributed by atoms with van der Waals surface area (Å²) in [4.78, 5) is 14.5. The van der Waals surface area contributed by atoms with E-state index in [1.807, 2.05) is 38.1 Å². The number of aryl methyl sites for hydroxylation is 2. The van der Waals surface area contributed by atoms with Gasteiger partial charge in [0.05, 0.1) is 23.7 Å². The van der Waals surface area contributed by atoms with Crippen LogP contribution >= 0.6 is 24.8 Å². The van der Waals surface area contributed by atoms with Crippen molar-refractivity contribution in [2.45, 2.75) is 64.6 Å². The summed E-state index contributed by atoms with van der Waals surface area (Å²) in [5, 5.41) is 10.6. The third-order valence-electron chi connectivity index (χ3n) is 5.76. The molecule has 2 atom stereocenters. The zero-order valence-electron chi connectivity index (χ0n) is 21.9. The van der Waals surface area contributed by atoms with Gasteiger partial charge in [-0.15, -0.1) is 24.8 Å². The molecule has 0 aliphatic heterocycles. The standard InChI is InChI=1S/C26H36F2N2O4S.2ClH.H3N/c1-3-5-11-35(33,34)18-25(29)26(32)30(16-21-8-6-7-19(4-2)12-21)17-24(31)10-9-20-13-22(27)15-23(28)14-20;;;/h6-8,12-15,24-25,31H,3-5,9-11,16-18,29H2,1-2H3;2*1H;1H3/t24-,25+;;;/m0.../s1. The third-order valence-corrected chi connectivity index (χ3v) is 7.54. The second kappa shape index (κ2) is 18.5. The van der Waals surface area contributed by atoms with Gasteiger partial charge < -0.3 is 21.9 Å². The molecule has 6 N–H and O–H groups in total. The topological polar surface area (TPSA) is 136 Å². The summed E-state index contributed by atoms with van der Waals surface area (Å²) in [6.07, 6.45) is 1.39. The van der Waals surface area contributed by atoms with Crippen LogP contribution < -0.4 is 11.9 Å². The first kappa shape index (κ1) is 38.3. The molecular formula is C26H41Cl2F2N3O4S. The number of aliphatic hydroxyl groups is 1. The van der Waals surface area contributed by atoms with E-state index in [2.05, 4.69) is 0 Å². The van der Waals surface area contributed by atoms with E-state index in [0.717, 1.165) is 23.6 Å². The molecule has 218 valence electrons. The van der Waals surface area contributed by atoms with Crippen LogP contribution in [-0.2, 0) is 34.0 Å². The fourth-order valence-electron chi connectivity index (χ4n) is 3.86. The maximum Gasteiger partial charge on any atom is 0.240 e. The maximum absolute atomic E-state index is 13.5. The van der Waals surface area contributed by atoms with Crippen LogP contribution in [0.1, 0.15) is 49.8 Å². The highest BCUT2D eigenvalue weighted by Gasteiger charge is 2.27. The highest BCUT2D eigenvalue weighted by molar-refractivity contribution is 7.91. The molecule has 2 rings (SSSR count). The third kappa shape index (κ3) is 13.3. The maximum atomic E-state index is 13.5. The molecular weight excluding hydrogens is 559 g/mol. The molecule has 1 amide bonds. The number of benzene rings is 2. The van der Waals surface area contributed by atoms with E-state index in [0.29, 0.717) is 18.4 Å². The van der Waals surface area contributed by atoms with Crippen LogP contribution in [0.4, 0.5) is 8.78 Å². The molecule has 38 heavy (non-hydrogen) atoms. The van der Waals surface area contributed by atoms with Crippen molar-refractivity contribution in [1.29, 1.82) is 0 Å². The van der Waals surface area contributed by atoms with Gasteiger partial charge in [0, 0.05) is 19.2 Å². The Kier molecular flexibility index (Phi) is 18.6. The Hall–Kier alpha value is -1.82. The highest BCUT2D eigenvalue weighted by atomic mass is 35.5. The van der Waals surface area contributed by atoms with Gasteiger partial charge in [0.1, 0.15) is 11.6 Å². The van der Waals surface area contributed by atoms with Gasteiger partial charge in [-0.25, -0.2) is 17.2 Å². The second-order valence-electron chi connectivity index (χ2n) is 8.94. The molecule has 0 fully saturated rings. The predicted octanol–water partition coefficient (Wildman–Crippen LogP) is 4.40. The van der Waals surface area contributed by atoms with Crippen LogP contribution in [-0.4, -0.2) is 54.5 Å². The molecule has 0 unspecified atom stereocenters. The first-order valence-corrected chi connectivity index (χ1v) is 13.8. The number of carbonyl (C=O) groups is 1. The molecule has 0 spiro atoms. The van der Waals surface area contributed by atoms with Crippen LogP contribution in [0.5, 0.6) is 0 Å². The summed E-state index contributed by atoms with van der Waals surface area (Å²) >= 11 is 0. The monoisotopic (exact) mass is 599 g/mol. The van der Waals surface area contributed by atoms with Crippen LogP contribution in [0.15, 0.2) is 42.5 Å². The van der Waals surface area contributed by atoms with Gasteiger partial charge in [-0.2, -0.15) is 0 Å². The molecule has 0 saturated heterocycles. The molecule has 7 nitrogen and oxygen atoms in total. The van der Waals surface area contributed by atoms with E-state index < -0.39 is 45.3 Å². The van der Waals surface area contributed by atoms with Gasteiger partial charge in [0.15, 0.2) is 9.84 Å². The van der Waals surface area contributed by atoms with Crippen molar-refractivity contribution in [3.63, 3.8) is 0 Å². The Bertz CT molecular complexity index is 1070. The zero-order chi connectivity index (χ0) is 26.0. The number of hydrogen-bond acceptors (Lipinski definition) is 6. The van der Waals surface area contributed by atoms with E-state index >= 15 is 0 Å². The van der Waals surface area contributed by atoms with Gasteiger partial charge in [-0.3, -0.25) is 4.79 Å². The number of carbonyl (C=O) groups excluding carboxylic acids is 1. The quantitative estimate of drug-likeness (QED) is 0.294. The van der Waals surface area contributed by atoms with Gasteiger partial charge in [0.2, 0.25) is 5.91 Å². The normalized spacial score (nSPS) is 12.4. The molecule has 0 heterocycles. The summed E-state index contributed by atoms with van der Waals surface area (Å²) in [6, 6.07) is 9.57. The average molecular weight is 601 g/mol. The van der Waals surface area contributed by atoms with E-state index in [1.54, 1.807) is 0 Å². The highest BCUT2D eigenvalue weighted by Crippen LogP contribution is 2.15. The number of unbranched alkanes of at least 4 members (excludes halogenated alkanes) is 1. The minimum Gasteiger partial charge on any atom is -0.391 e. The summed E-state index contributed by atoms with van der Waals surface area (Å²) in [7, 11) is -3.49. The van der Waals surface area contributed by atoms with Crippen molar-refractivity contribution in [2.24, 2.45) is 5.73 Å². The van der Waals surface area contributed by atoms with Crippen LogP contribution in [0.3, 0.4) is 0 Å². The molecule has 0 aromatic heterocycles. The fraction of sp³-hybridized carbons (Fsp3) is 0.500. The molecule has 0 aliphatic rings. The van der Waals surface area contributed by atoms with Crippen molar-refractivity contribution in [1.82, 2.24) is 11.1 Å². The van der Waals surface area contributed by atoms with E-state index in [1.165, 1.54) is 17.0 Å². The number of amides is 1. The first-order chi connectivity index (χ1) is 16.5. The number of sulfone groups is 1. The zero-order valence-corrected chi connectivity index (χ0v) is 24.4. The Labute approximate surface area is 237 Å². The Morgan fingerprint density at radius 2 is 1.63 bits per heavy atom. The van der Waals surface area contributed by atoms with Crippen molar-refractivity contribution in [3.8, 4) is 0 Å².